The summed E-state index contributed by atoms with van der Waals surface area (Å²) in [4.78, 5) is 13.9. The fraction of sp³-hybridized carbons (Fsp3) is 0.235. The molecule has 2 N–H and O–H groups in total. The highest BCUT2D eigenvalue weighted by Gasteiger charge is 2.19. The van der Waals surface area contributed by atoms with Gasteiger partial charge in [0.2, 0.25) is 5.91 Å². The maximum atomic E-state index is 12.3. The number of carbonyl (C=O) groups is 1. The van der Waals surface area contributed by atoms with Gasteiger partial charge in [0.25, 0.3) is 0 Å². The van der Waals surface area contributed by atoms with E-state index in [1.165, 1.54) is 0 Å². The molecule has 0 aromatic heterocycles. The van der Waals surface area contributed by atoms with Crippen molar-refractivity contribution in [2.75, 3.05) is 7.05 Å². The summed E-state index contributed by atoms with van der Waals surface area (Å²) in [5, 5.41) is 19.3. The standard InChI is InChI=1S/C17H19NO3/c1-12(15-8-3-4-9-16(15)20)18(2)17(21)11-13-6-5-7-14(19)10-13/h3-10,12,19-20H,11H2,1-2H3. The quantitative estimate of drug-likeness (QED) is 0.908. The van der Waals surface area contributed by atoms with E-state index < -0.39 is 0 Å². The van der Waals surface area contributed by atoms with Crippen molar-refractivity contribution in [2.24, 2.45) is 0 Å². The van der Waals surface area contributed by atoms with Gasteiger partial charge < -0.3 is 15.1 Å². The van der Waals surface area contributed by atoms with Gasteiger partial charge in [-0.25, -0.2) is 0 Å². The maximum Gasteiger partial charge on any atom is 0.227 e. The summed E-state index contributed by atoms with van der Waals surface area (Å²) in [7, 11) is 1.71. The first-order valence-electron chi connectivity index (χ1n) is 6.80. The van der Waals surface area contributed by atoms with Gasteiger partial charge in [0.05, 0.1) is 12.5 Å². The zero-order valence-electron chi connectivity index (χ0n) is 12.2. The van der Waals surface area contributed by atoms with E-state index in [4.69, 9.17) is 0 Å². The lowest BCUT2D eigenvalue weighted by atomic mass is 10.0. The van der Waals surface area contributed by atoms with Crippen LogP contribution >= 0.6 is 0 Å². The molecule has 2 aromatic carbocycles. The number of para-hydroxylation sites is 1. The summed E-state index contributed by atoms with van der Waals surface area (Å²) in [6.45, 7) is 1.87. The molecule has 0 bridgehead atoms. The van der Waals surface area contributed by atoms with Crippen LogP contribution in [-0.4, -0.2) is 28.1 Å². The topological polar surface area (TPSA) is 60.8 Å². The molecule has 0 radical (unpaired) electrons. The maximum absolute atomic E-state index is 12.3. The Balaban J connectivity index is 2.10. The van der Waals surface area contributed by atoms with Gasteiger partial charge in [0.1, 0.15) is 11.5 Å². The number of hydrogen-bond acceptors (Lipinski definition) is 3. The first kappa shape index (κ1) is 14.9. The molecular formula is C17H19NO3. The van der Waals surface area contributed by atoms with Crippen LogP contribution in [-0.2, 0) is 11.2 Å². The molecule has 1 unspecified atom stereocenters. The summed E-state index contributed by atoms with van der Waals surface area (Å²) in [5.41, 5.74) is 1.47. The average Bonchev–Trinajstić information content (AvgIpc) is 2.46. The van der Waals surface area contributed by atoms with Crippen LogP contribution in [0.4, 0.5) is 0 Å². The van der Waals surface area contributed by atoms with Gasteiger partial charge in [-0.15, -0.1) is 0 Å². The molecule has 110 valence electrons. The average molecular weight is 285 g/mol. The van der Waals surface area contributed by atoms with Crippen LogP contribution in [0.15, 0.2) is 48.5 Å². The second-order valence-electron chi connectivity index (χ2n) is 5.09. The van der Waals surface area contributed by atoms with Crippen molar-refractivity contribution in [1.29, 1.82) is 0 Å². The predicted molar refractivity (Wildman–Crippen MR) is 81.1 cm³/mol. The number of rotatable bonds is 4. The van der Waals surface area contributed by atoms with Crippen molar-refractivity contribution in [2.45, 2.75) is 19.4 Å². The highest BCUT2D eigenvalue weighted by Crippen LogP contribution is 2.27. The van der Waals surface area contributed by atoms with E-state index in [9.17, 15) is 15.0 Å². The van der Waals surface area contributed by atoms with Crippen molar-refractivity contribution < 1.29 is 15.0 Å². The number of amides is 1. The third kappa shape index (κ3) is 3.54. The predicted octanol–water partition coefficient (Wildman–Crippen LogP) is 2.86. The smallest absolute Gasteiger partial charge is 0.227 e. The summed E-state index contributed by atoms with van der Waals surface area (Å²) >= 11 is 0. The molecule has 0 saturated carbocycles. The van der Waals surface area contributed by atoms with Crippen LogP contribution in [0, 0.1) is 0 Å². The molecule has 4 nitrogen and oxygen atoms in total. The first-order chi connectivity index (χ1) is 9.99. The van der Waals surface area contributed by atoms with Crippen LogP contribution < -0.4 is 0 Å². The lowest BCUT2D eigenvalue weighted by Crippen LogP contribution is -2.31. The van der Waals surface area contributed by atoms with Crippen LogP contribution in [0.3, 0.4) is 0 Å². The van der Waals surface area contributed by atoms with E-state index in [0.29, 0.717) is 5.56 Å². The van der Waals surface area contributed by atoms with Gasteiger partial charge in [0, 0.05) is 12.6 Å². The second-order valence-corrected chi connectivity index (χ2v) is 5.09. The van der Waals surface area contributed by atoms with Crippen LogP contribution in [0.5, 0.6) is 11.5 Å². The van der Waals surface area contributed by atoms with E-state index >= 15 is 0 Å². The van der Waals surface area contributed by atoms with E-state index in [0.717, 1.165) is 5.56 Å². The summed E-state index contributed by atoms with van der Waals surface area (Å²) < 4.78 is 0. The minimum absolute atomic E-state index is 0.0728. The third-order valence-electron chi connectivity index (χ3n) is 3.63. The molecule has 0 spiro atoms. The zero-order chi connectivity index (χ0) is 15.4. The van der Waals surface area contributed by atoms with E-state index in [1.807, 2.05) is 13.0 Å². The Morgan fingerprint density at radius 2 is 1.86 bits per heavy atom. The lowest BCUT2D eigenvalue weighted by Gasteiger charge is -2.26. The van der Waals surface area contributed by atoms with Gasteiger partial charge in [-0.05, 0) is 30.7 Å². The minimum Gasteiger partial charge on any atom is -0.508 e. The van der Waals surface area contributed by atoms with Gasteiger partial charge in [-0.2, -0.15) is 0 Å². The van der Waals surface area contributed by atoms with E-state index in [2.05, 4.69) is 0 Å². The highest BCUT2D eigenvalue weighted by atomic mass is 16.3. The molecule has 0 aliphatic rings. The van der Waals surface area contributed by atoms with E-state index in [1.54, 1.807) is 54.4 Å². The molecule has 1 amide bonds. The van der Waals surface area contributed by atoms with Crippen molar-refractivity contribution in [3.05, 3.63) is 59.7 Å². The number of nitrogens with zero attached hydrogens (tertiary/aromatic N) is 1. The van der Waals surface area contributed by atoms with E-state index in [-0.39, 0.29) is 29.9 Å². The molecule has 0 saturated heterocycles. The van der Waals surface area contributed by atoms with Gasteiger partial charge in [-0.3, -0.25) is 4.79 Å². The number of likely N-dealkylation sites (N-methyl/N-ethyl adjacent to an activating group) is 1. The summed E-state index contributed by atoms with van der Waals surface area (Å²) in [6, 6.07) is 13.4. The fourth-order valence-corrected chi connectivity index (χ4v) is 2.23. The Bertz CT molecular complexity index is 639. The number of aromatic hydroxyl groups is 2. The second kappa shape index (κ2) is 6.31. The Morgan fingerprint density at radius 1 is 1.14 bits per heavy atom. The van der Waals surface area contributed by atoms with Crippen molar-refractivity contribution in [3.8, 4) is 11.5 Å². The van der Waals surface area contributed by atoms with Crippen molar-refractivity contribution >= 4 is 5.91 Å². The number of phenolic OH excluding ortho intramolecular Hbond substituents is 2. The normalized spacial score (nSPS) is 11.9. The molecular weight excluding hydrogens is 266 g/mol. The van der Waals surface area contributed by atoms with Gasteiger partial charge >= 0.3 is 0 Å². The van der Waals surface area contributed by atoms with Crippen molar-refractivity contribution in [1.82, 2.24) is 4.90 Å². The first-order valence-corrected chi connectivity index (χ1v) is 6.80. The Hall–Kier alpha value is -2.49. The number of hydrogen-bond donors (Lipinski definition) is 2. The number of phenols is 2. The Morgan fingerprint density at radius 3 is 2.52 bits per heavy atom. The van der Waals surface area contributed by atoms with Gasteiger partial charge in [-0.1, -0.05) is 30.3 Å². The molecule has 2 aromatic rings. The molecule has 21 heavy (non-hydrogen) atoms. The zero-order valence-corrected chi connectivity index (χ0v) is 12.2. The SMILES string of the molecule is CC(c1ccccc1O)N(C)C(=O)Cc1cccc(O)c1. The number of benzene rings is 2. The largest absolute Gasteiger partial charge is 0.508 e. The van der Waals surface area contributed by atoms with Crippen LogP contribution in [0.25, 0.3) is 0 Å². The van der Waals surface area contributed by atoms with Crippen LogP contribution in [0.1, 0.15) is 24.1 Å². The number of carbonyl (C=O) groups excluding carboxylic acids is 1. The van der Waals surface area contributed by atoms with Crippen molar-refractivity contribution in [3.63, 3.8) is 0 Å². The fourth-order valence-electron chi connectivity index (χ4n) is 2.23. The molecule has 0 aliphatic carbocycles. The van der Waals surface area contributed by atoms with Gasteiger partial charge in [0.15, 0.2) is 0 Å². The molecule has 4 heteroatoms. The van der Waals surface area contributed by atoms with Crippen LogP contribution in [0.2, 0.25) is 0 Å². The Labute approximate surface area is 124 Å². The molecule has 0 fully saturated rings. The monoisotopic (exact) mass is 285 g/mol. The molecule has 2 rings (SSSR count). The molecule has 0 heterocycles. The lowest BCUT2D eigenvalue weighted by molar-refractivity contribution is -0.131. The molecule has 0 aliphatic heterocycles. The third-order valence-corrected chi connectivity index (χ3v) is 3.63. The minimum atomic E-state index is -0.226. The Kier molecular flexibility index (Phi) is 4.48. The summed E-state index contributed by atoms with van der Waals surface area (Å²) in [5.74, 6) is 0.259. The molecule has 1 atom stereocenters. The summed E-state index contributed by atoms with van der Waals surface area (Å²) in [6.07, 6.45) is 0.211. The highest BCUT2D eigenvalue weighted by molar-refractivity contribution is 5.79.